The Labute approximate surface area is 129 Å². The minimum absolute atomic E-state index is 0.0344. The van der Waals surface area contributed by atoms with Crippen LogP contribution in [-0.4, -0.2) is 32.4 Å². The summed E-state index contributed by atoms with van der Waals surface area (Å²) in [4.78, 5) is 16.0. The maximum atomic E-state index is 12.1. The van der Waals surface area contributed by atoms with Crippen LogP contribution in [0.15, 0.2) is 23.2 Å². The fourth-order valence-corrected chi connectivity index (χ4v) is 2.85. The van der Waals surface area contributed by atoms with Gasteiger partial charge in [0.25, 0.3) is 5.91 Å². The molecule has 118 valence electrons. The molecule has 2 aromatic heterocycles. The van der Waals surface area contributed by atoms with Gasteiger partial charge in [-0.25, -0.2) is 9.67 Å². The van der Waals surface area contributed by atoms with Gasteiger partial charge in [-0.05, 0) is 19.8 Å². The Kier molecular flexibility index (Phi) is 4.50. The molecular weight excluding hydrogens is 282 g/mol. The second kappa shape index (κ2) is 6.72. The lowest BCUT2D eigenvalue weighted by atomic mass is 9.87. The zero-order valence-electron chi connectivity index (χ0n) is 12.7. The average molecular weight is 303 g/mol. The van der Waals surface area contributed by atoms with Gasteiger partial charge in [-0.2, -0.15) is 5.10 Å². The number of hydrogen-bond donors (Lipinski definition) is 1. The molecule has 7 nitrogen and oxygen atoms in total. The molecule has 1 fully saturated rings. The van der Waals surface area contributed by atoms with Gasteiger partial charge in [0.15, 0.2) is 0 Å². The highest BCUT2D eigenvalue weighted by Crippen LogP contribution is 2.32. The summed E-state index contributed by atoms with van der Waals surface area (Å²) < 4.78 is 6.91. The Morgan fingerprint density at radius 1 is 1.45 bits per heavy atom. The predicted molar refractivity (Wildman–Crippen MR) is 79.4 cm³/mol. The van der Waals surface area contributed by atoms with Crippen molar-refractivity contribution < 1.29 is 9.32 Å². The Bertz CT molecular complexity index is 601. The lowest BCUT2D eigenvalue weighted by Crippen LogP contribution is -2.29. The number of nitrogens with zero attached hydrogens (tertiary/aromatic N) is 4. The molecule has 0 radical (unpaired) electrons. The van der Waals surface area contributed by atoms with E-state index in [4.69, 9.17) is 4.52 Å². The molecule has 1 aliphatic rings. The third-order valence-corrected chi connectivity index (χ3v) is 4.22. The predicted octanol–water partition coefficient (Wildman–Crippen LogP) is 2.30. The molecular formula is C15H21N5O2. The Morgan fingerprint density at radius 3 is 3.00 bits per heavy atom. The van der Waals surface area contributed by atoms with E-state index >= 15 is 0 Å². The number of rotatable bonds is 5. The standard InChI is InChI=1S/C15H21N5O2/c1-11(20-10-16-9-18-20)8-17-15(21)14-7-13(19-22-14)12-5-3-2-4-6-12/h7,9-12H,2-6,8H2,1H3,(H,17,21). The zero-order chi connectivity index (χ0) is 15.4. The van der Waals surface area contributed by atoms with Crippen molar-refractivity contribution in [2.45, 2.75) is 51.0 Å². The van der Waals surface area contributed by atoms with E-state index in [0.29, 0.717) is 12.5 Å². The molecule has 0 bridgehead atoms. The van der Waals surface area contributed by atoms with E-state index in [1.165, 1.54) is 25.6 Å². The van der Waals surface area contributed by atoms with Gasteiger partial charge in [0, 0.05) is 18.5 Å². The van der Waals surface area contributed by atoms with E-state index in [1.54, 1.807) is 17.1 Å². The summed E-state index contributed by atoms with van der Waals surface area (Å²) in [5, 5.41) is 11.0. The molecule has 0 saturated heterocycles. The van der Waals surface area contributed by atoms with Crippen LogP contribution in [0.5, 0.6) is 0 Å². The van der Waals surface area contributed by atoms with E-state index in [2.05, 4.69) is 20.6 Å². The summed E-state index contributed by atoms with van der Waals surface area (Å²) in [5.74, 6) is 0.487. The highest BCUT2D eigenvalue weighted by atomic mass is 16.5. The van der Waals surface area contributed by atoms with Crippen LogP contribution >= 0.6 is 0 Å². The van der Waals surface area contributed by atoms with Gasteiger partial charge >= 0.3 is 0 Å². The van der Waals surface area contributed by atoms with Crippen molar-refractivity contribution in [3.63, 3.8) is 0 Å². The monoisotopic (exact) mass is 303 g/mol. The maximum Gasteiger partial charge on any atom is 0.289 e. The molecule has 0 spiro atoms. The molecule has 1 unspecified atom stereocenters. The Balaban J connectivity index is 1.55. The molecule has 7 heteroatoms. The molecule has 1 saturated carbocycles. The molecule has 1 atom stereocenters. The molecule has 2 heterocycles. The minimum atomic E-state index is -0.235. The number of hydrogen-bond acceptors (Lipinski definition) is 5. The second-order valence-corrected chi connectivity index (χ2v) is 5.89. The van der Waals surface area contributed by atoms with E-state index < -0.39 is 0 Å². The smallest absolute Gasteiger partial charge is 0.289 e. The van der Waals surface area contributed by atoms with Crippen LogP contribution in [-0.2, 0) is 0 Å². The third-order valence-electron chi connectivity index (χ3n) is 4.22. The maximum absolute atomic E-state index is 12.1. The van der Waals surface area contributed by atoms with Crippen molar-refractivity contribution in [1.82, 2.24) is 25.2 Å². The molecule has 1 aliphatic carbocycles. The highest BCUT2D eigenvalue weighted by Gasteiger charge is 2.21. The SMILES string of the molecule is CC(CNC(=O)c1cc(C2CCCCC2)no1)n1cncn1. The van der Waals surface area contributed by atoms with E-state index in [1.807, 2.05) is 6.92 Å². The molecule has 1 N–H and O–H groups in total. The fourth-order valence-electron chi connectivity index (χ4n) is 2.85. The highest BCUT2D eigenvalue weighted by molar-refractivity contribution is 5.91. The topological polar surface area (TPSA) is 85.8 Å². The van der Waals surface area contributed by atoms with E-state index in [-0.39, 0.29) is 17.7 Å². The van der Waals surface area contributed by atoms with Crippen LogP contribution < -0.4 is 5.32 Å². The first-order valence-corrected chi connectivity index (χ1v) is 7.83. The van der Waals surface area contributed by atoms with Crippen LogP contribution in [0.3, 0.4) is 0 Å². The summed E-state index contributed by atoms with van der Waals surface area (Å²) in [6.07, 6.45) is 9.14. The normalized spacial score (nSPS) is 17.3. The lowest BCUT2D eigenvalue weighted by Gasteiger charge is -2.18. The number of aromatic nitrogens is 4. The van der Waals surface area contributed by atoms with Crippen LogP contribution in [0, 0.1) is 0 Å². The van der Waals surface area contributed by atoms with Crippen LogP contribution in [0.2, 0.25) is 0 Å². The molecule has 0 aliphatic heterocycles. The van der Waals surface area contributed by atoms with Gasteiger partial charge in [-0.15, -0.1) is 0 Å². The third kappa shape index (κ3) is 3.35. The van der Waals surface area contributed by atoms with Crippen molar-refractivity contribution >= 4 is 5.91 Å². The number of amides is 1. The first-order valence-electron chi connectivity index (χ1n) is 7.83. The van der Waals surface area contributed by atoms with Gasteiger partial charge < -0.3 is 9.84 Å². The molecule has 2 aromatic rings. The van der Waals surface area contributed by atoms with E-state index in [9.17, 15) is 4.79 Å². The molecule has 22 heavy (non-hydrogen) atoms. The van der Waals surface area contributed by atoms with Gasteiger partial charge in [0.1, 0.15) is 12.7 Å². The summed E-state index contributed by atoms with van der Waals surface area (Å²) in [5.41, 5.74) is 0.911. The van der Waals surface area contributed by atoms with Crippen molar-refractivity contribution in [1.29, 1.82) is 0 Å². The van der Waals surface area contributed by atoms with Gasteiger partial charge in [0.05, 0.1) is 11.7 Å². The van der Waals surface area contributed by atoms with Gasteiger partial charge in [-0.3, -0.25) is 4.79 Å². The van der Waals surface area contributed by atoms with Crippen molar-refractivity contribution in [3.05, 3.63) is 30.2 Å². The lowest BCUT2D eigenvalue weighted by molar-refractivity contribution is 0.0910. The zero-order valence-corrected chi connectivity index (χ0v) is 12.7. The van der Waals surface area contributed by atoms with Gasteiger partial charge in [-0.1, -0.05) is 24.4 Å². The van der Waals surface area contributed by atoms with E-state index in [0.717, 1.165) is 18.5 Å². The van der Waals surface area contributed by atoms with Crippen LogP contribution in [0.4, 0.5) is 0 Å². The van der Waals surface area contributed by atoms with Crippen molar-refractivity contribution in [2.24, 2.45) is 0 Å². The Morgan fingerprint density at radius 2 is 2.27 bits per heavy atom. The number of nitrogens with one attached hydrogen (secondary N) is 1. The first kappa shape index (κ1) is 14.7. The molecule has 1 amide bonds. The second-order valence-electron chi connectivity index (χ2n) is 5.89. The van der Waals surface area contributed by atoms with Crippen molar-refractivity contribution in [2.75, 3.05) is 6.54 Å². The summed E-state index contributed by atoms with van der Waals surface area (Å²) >= 11 is 0. The largest absolute Gasteiger partial charge is 0.351 e. The van der Waals surface area contributed by atoms with Crippen LogP contribution in [0.1, 0.15) is 67.2 Å². The molecule has 3 rings (SSSR count). The van der Waals surface area contributed by atoms with Gasteiger partial charge in [0.2, 0.25) is 5.76 Å². The number of carbonyl (C=O) groups is 1. The minimum Gasteiger partial charge on any atom is -0.351 e. The fraction of sp³-hybridized carbons (Fsp3) is 0.600. The summed E-state index contributed by atoms with van der Waals surface area (Å²) in [6, 6.07) is 1.82. The summed E-state index contributed by atoms with van der Waals surface area (Å²) in [6.45, 7) is 2.42. The first-order chi connectivity index (χ1) is 10.7. The average Bonchev–Trinajstić information content (AvgIpc) is 3.24. The summed E-state index contributed by atoms with van der Waals surface area (Å²) in [7, 11) is 0. The number of carbonyl (C=O) groups excluding carboxylic acids is 1. The Hall–Kier alpha value is -2.18. The quantitative estimate of drug-likeness (QED) is 0.916. The van der Waals surface area contributed by atoms with Crippen molar-refractivity contribution in [3.8, 4) is 0 Å². The molecule has 0 aromatic carbocycles. The van der Waals surface area contributed by atoms with Crippen LogP contribution in [0.25, 0.3) is 0 Å².